The molecular formula is C12H16N4O2. The monoisotopic (exact) mass is 248 g/mol. The number of aliphatic hydroxyl groups excluding tert-OH is 1. The van der Waals surface area contributed by atoms with E-state index in [0.717, 1.165) is 11.3 Å². The number of hydrogen-bond acceptors (Lipinski definition) is 5. The largest absolute Gasteiger partial charge is 0.390 e. The molecule has 0 radical (unpaired) electrons. The number of nitrogens with zero attached hydrogens (tertiary/aromatic N) is 4. The number of methoxy groups -OCH3 is 1. The Balaban J connectivity index is 1.94. The molecule has 18 heavy (non-hydrogen) atoms. The maximum Gasteiger partial charge on any atom is 0.0853 e. The highest BCUT2D eigenvalue weighted by molar-refractivity contribution is 5.10. The van der Waals surface area contributed by atoms with Crippen LogP contribution in [0, 0.1) is 0 Å². The van der Waals surface area contributed by atoms with Crippen LogP contribution in [-0.2, 0) is 17.7 Å². The normalized spacial score (nSPS) is 12.6. The van der Waals surface area contributed by atoms with Crippen LogP contribution in [0.2, 0.25) is 0 Å². The molecule has 96 valence electrons. The molecule has 0 aliphatic carbocycles. The van der Waals surface area contributed by atoms with Gasteiger partial charge in [-0.25, -0.2) is 4.68 Å². The van der Waals surface area contributed by atoms with Gasteiger partial charge in [-0.05, 0) is 17.7 Å². The van der Waals surface area contributed by atoms with Crippen LogP contribution in [0.25, 0.3) is 0 Å². The zero-order chi connectivity index (χ0) is 12.8. The van der Waals surface area contributed by atoms with E-state index in [4.69, 9.17) is 4.74 Å². The van der Waals surface area contributed by atoms with E-state index in [9.17, 15) is 5.11 Å². The molecule has 0 fully saturated rings. The van der Waals surface area contributed by atoms with Gasteiger partial charge in [0.15, 0.2) is 0 Å². The molecule has 0 spiro atoms. The molecule has 0 amide bonds. The molecule has 0 aliphatic rings. The standard InChI is InChI=1S/C12H16N4O2/c1-18-9-12(17)6-11-8-16(15-14-11)7-10-2-4-13-5-3-10/h2-5,8,12,17H,6-7,9H2,1H3. The second-order valence-electron chi connectivity index (χ2n) is 4.08. The molecule has 2 rings (SSSR count). The number of hydrogen-bond donors (Lipinski definition) is 1. The van der Waals surface area contributed by atoms with Gasteiger partial charge in [0, 0.05) is 32.1 Å². The molecular weight excluding hydrogens is 232 g/mol. The summed E-state index contributed by atoms with van der Waals surface area (Å²) in [5, 5.41) is 17.6. The van der Waals surface area contributed by atoms with Crippen molar-refractivity contribution in [3.8, 4) is 0 Å². The van der Waals surface area contributed by atoms with Crippen LogP contribution in [0.3, 0.4) is 0 Å². The molecule has 2 aromatic rings. The predicted molar refractivity (Wildman–Crippen MR) is 64.9 cm³/mol. The topological polar surface area (TPSA) is 73.1 Å². The second kappa shape index (κ2) is 6.23. The summed E-state index contributed by atoms with van der Waals surface area (Å²) in [4.78, 5) is 3.96. The van der Waals surface area contributed by atoms with E-state index in [0.29, 0.717) is 19.6 Å². The average Bonchev–Trinajstić information content (AvgIpc) is 2.78. The Hall–Kier alpha value is -1.79. The van der Waals surface area contributed by atoms with Gasteiger partial charge in [-0.3, -0.25) is 4.98 Å². The molecule has 1 atom stereocenters. The molecule has 2 heterocycles. The van der Waals surface area contributed by atoms with Crippen molar-refractivity contribution in [2.24, 2.45) is 0 Å². The molecule has 6 nitrogen and oxygen atoms in total. The predicted octanol–water partition coefficient (Wildman–Crippen LogP) is 0.271. The summed E-state index contributed by atoms with van der Waals surface area (Å²) >= 11 is 0. The summed E-state index contributed by atoms with van der Waals surface area (Å²) in [5.41, 5.74) is 1.87. The van der Waals surface area contributed by atoms with Crippen LogP contribution < -0.4 is 0 Å². The highest BCUT2D eigenvalue weighted by Gasteiger charge is 2.08. The van der Waals surface area contributed by atoms with Gasteiger partial charge in [0.2, 0.25) is 0 Å². The molecule has 0 aliphatic heterocycles. The molecule has 1 unspecified atom stereocenters. The fraction of sp³-hybridized carbons (Fsp3) is 0.417. The molecule has 0 saturated heterocycles. The lowest BCUT2D eigenvalue weighted by atomic mass is 10.2. The van der Waals surface area contributed by atoms with Crippen molar-refractivity contribution in [1.82, 2.24) is 20.0 Å². The number of aromatic nitrogens is 4. The number of rotatable bonds is 6. The van der Waals surface area contributed by atoms with Crippen molar-refractivity contribution in [2.45, 2.75) is 19.1 Å². The third-order valence-corrected chi connectivity index (χ3v) is 2.48. The molecule has 1 N–H and O–H groups in total. The Morgan fingerprint density at radius 1 is 1.39 bits per heavy atom. The van der Waals surface area contributed by atoms with Crippen LogP contribution in [0.4, 0.5) is 0 Å². The Kier molecular flexibility index (Phi) is 4.38. The molecule has 0 aromatic carbocycles. The van der Waals surface area contributed by atoms with Gasteiger partial charge in [0.25, 0.3) is 0 Å². The summed E-state index contributed by atoms with van der Waals surface area (Å²) in [6, 6.07) is 3.86. The first-order valence-corrected chi connectivity index (χ1v) is 5.73. The zero-order valence-corrected chi connectivity index (χ0v) is 10.2. The summed E-state index contributed by atoms with van der Waals surface area (Å²) in [6.07, 6.45) is 5.23. The van der Waals surface area contributed by atoms with Crippen LogP contribution in [0.15, 0.2) is 30.7 Å². The Bertz CT molecular complexity index is 472. The van der Waals surface area contributed by atoms with Crippen molar-refractivity contribution in [3.05, 3.63) is 42.0 Å². The maximum absolute atomic E-state index is 9.59. The van der Waals surface area contributed by atoms with Gasteiger partial charge in [-0.2, -0.15) is 0 Å². The molecule has 6 heteroatoms. The lowest BCUT2D eigenvalue weighted by Crippen LogP contribution is -2.17. The van der Waals surface area contributed by atoms with E-state index in [1.165, 1.54) is 0 Å². The summed E-state index contributed by atoms with van der Waals surface area (Å²) in [6.45, 7) is 0.951. The van der Waals surface area contributed by atoms with Crippen molar-refractivity contribution in [3.63, 3.8) is 0 Å². The first-order valence-electron chi connectivity index (χ1n) is 5.73. The smallest absolute Gasteiger partial charge is 0.0853 e. The van der Waals surface area contributed by atoms with E-state index >= 15 is 0 Å². The van der Waals surface area contributed by atoms with Gasteiger partial charge >= 0.3 is 0 Å². The van der Waals surface area contributed by atoms with Gasteiger partial charge < -0.3 is 9.84 Å². The van der Waals surface area contributed by atoms with E-state index in [-0.39, 0.29) is 0 Å². The molecule has 0 bridgehead atoms. The zero-order valence-electron chi connectivity index (χ0n) is 10.2. The fourth-order valence-electron chi connectivity index (χ4n) is 1.68. The van der Waals surface area contributed by atoms with E-state index in [1.54, 1.807) is 24.2 Å². The van der Waals surface area contributed by atoms with Crippen molar-refractivity contribution < 1.29 is 9.84 Å². The van der Waals surface area contributed by atoms with Gasteiger partial charge in [-0.1, -0.05) is 5.21 Å². The van der Waals surface area contributed by atoms with Crippen molar-refractivity contribution >= 4 is 0 Å². The Labute approximate surface area is 105 Å². The van der Waals surface area contributed by atoms with E-state index < -0.39 is 6.10 Å². The lowest BCUT2D eigenvalue weighted by molar-refractivity contribution is 0.0644. The van der Waals surface area contributed by atoms with Crippen LogP contribution in [-0.4, -0.2) is 44.9 Å². The third-order valence-electron chi connectivity index (χ3n) is 2.48. The summed E-state index contributed by atoms with van der Waals surface area (Å²) < 4.78 is 6.61. The minimum absolute atomic E-state index is 0.303. The SMILES string of the molecule is COCC(O)Cc1cn(Cc2ccncc2)nn1. The first-order chi connectivity index (χ1) is 8.78. The minimum atomic E-state index is -0.541. The third kappa shape index (κ3) is 3.61. The van der Waals surface area contributed by atoms with Crippen molar-refractivity contribution in [2.75, 3.05) is 13.7 Å². The number of pyridine rings is 1. The van der Waals surface area contributed by atoms with E-state index in [1.807, 2.05) is 18.3 Å². The molecule has 0 saturated carbocycles. The van der Waals surface area contributed by atoms with E-state index in [2.05, 4.69) is 15.3 Å². The van der Waals surface area contributed by atoms with Gasteiger partial charge in [0.05, 0.1) is 24.9 Å². The van der Waals surface area contributed by atoms with Crippen molar-refractivity contribution in [1.29, 1.82) is 0 Å². The van der Waals surface area contributed by atoms with Crippen LogP contribution in [0.5, 0.6) is 0 Å². The minimum Gasteiger partial charge on any atom is -0.390 e. The Morgan fingerprint density at radius 2 is 2.17 bits per heavy atom. The second-order valence-corrected chi connectivity index (χ2v) is 4.08. The first kappa shape index (κ1) is 12.7. The highest BCUT2D eigenvalue weighted by atomic mass is 16.5. The summed E-state index contributed by atoms with van der Waals surface area (Å²) in [5.74, 6) is 0. The summed E-state index contributed by atoms with van der Waals surface area (Å²) in [7, 11) is 1.56. The number of aliphatic hydroxyl groups is 1. The number of ether oxygens (including phenoxy) is 1. The average molecular weight is 248 g/mol. The highest BCUT2D eigenvalue weighted by Crippen LogP contribution is 2.03. The lowest BCUT2D eigenvalue weighted by Gasteiger charge is -2.05. The van der Waals surface area contributed by atoms with Crippen LogP contribution in [0.1, 0.15) is 11.3 Å². The van der Waals surface area contributed by atoms with Gasteiger partial charge in [0.1, 0.15) is 0 Å². The maximum atomic E-state index is 9.59. The fourth-order valence-corrected chi connectivity index (χ4v) is 1.68. The van der Waals surface area contributed by atoms with Gasteiger partial charge in [-0.15, -0.1) is 5.10 Å². The van der Waals surface area contributed by atoms with Crippen LogP contribution >= 0.6 is 0 Å². The Morgan fingerprint density at radius 3 is 2.89 bits per heavy atom. The molecule has 2 aromatic heterocycles. The quantitative estimate of drug-likeness (QED) is 0.794.